The van der Waals surface area contributed by atoms with E-state index in [4.69, 9.17) is 0 Å². The quantitative estimate of drug-likeness (QED) is 0.781. The van der Waals surface area contributed by atoms with E-state index < -0.39 is 0 Å². The summed E-state index contributed by atoms with van der Waals surface area (Å²) in [5.74, 6) is 0.0691. The van der Waals surface area contributed by atoms with Gasteiger partial charge in [-0.2, -0.15) is 5.10 Å². The number of halogens is 1. The number of rotatable bonds is 5. The molecule has 2 aromatic heterocycles. The summed E-state index contributed by atoms with van der Waals surface area (Å²) in [4.78, 5) is 13.4. The summed E-state index contributed by atoms with van der Waals surface area (Å²) >= 11 is 4.92. The molecule has 0 atom stereocenters. The van der Waals surface area contributed by atoms with Gasteiger partial charge < -0.3 is 0 Å². The van der Waals surface area contributed by atoms with Gasteiger partial charge in [0.1, 0.15) is 5.69 Å². The molecule has 96 valence electrons. The molecule has 0 amide bonds. The Morgan fingerprint density at radius 3 is 2.94 bits per heavy atom. The third kappa shape index (κ3) is 2.42. The Morgan fingerprint density at radius 2 is 2.28 bits per heavy atom. The lowest BCUT2D eigenvalue weighted by molar-refractivity contribution is 0.103. The first-order chi connectivity index (χ1) is 8.69. The lowest BCUT2D eigenvalue weighted by Gasteiger charge is -2.06. The van der Waals surface area contributed by atoms with Crippen LogP contribution in [-0.2, 0) is 13.0 Å². The molecule has 0 aromatic carbocycles. The average molecular weight is 327 g/mol. The summed E-state index contributed by atoms with van der Waals surface area (Å²) in [6, 6.07) is 2.02. The van der Waals surface area contributed by atoms with E-state index in [0.717, 1.165) is 34.3 Å². The Labute approximate surface area is 119 Å². The van der Waals surface area contributed by atoms with E-state index in [1.165, 1.54) is 11.3 Å². The molecule has 0 aliphatic carbocycles. The van der Waals surface area contributed by atoms with Crippen LogP contribution in [-0.4, -0.2) is 15.6 Å². The minimum atomic E-state index is 0.0691. The van der Waals surface area contributed by atoms with Gasteiger partial charge in [0.25, 0.3) is 0 Å². The standard InChI is InChI=1S/C13H15BrN2OS/c1-3-6-16-11(10(14)8-15-16)12(17)13-9(4-2)5-7-18-13/h5,7-8H,3-4,6H2,1-2H3. The van der Waals surface area contributed by atoms with E-state index in [2.05, 4.69) is 34.9 Å². The second-order valence-corrected chi connectivity index (χ2v) is 5.79. The molecular weight excluding hydrogens is 312 g/mol. The van der Waals surface area contributed by atoms with Gasteiger partial charge in [-0.05, 0) is 45.8 Å². The van der Waals surface area contributed by atoms with Gasteiger partial charge in [-0.15, -0.1) is 11.3 Å². The zero-order valence-electron chi connectivity index (χ0n) is 10.4. The van der Waals surface area contributed by atoms with Crippen LogP contribution in [0, 0.1) is 0 Å². The van der Waals surface area contributed by atoms with Crippen molar-refractivity contribution in [2.45, 2.75) is 33.2 Å². The van der Waals surface area contributed by atoms with E-state index in [0.29, 0.717) is 5.69 Å². The summed E-state index contributed by atoms with van der Waals surface area (Å²) in [7, 11) is 0. The largest absolute Gasteiger partial charge is 0.286 e. The van der Waals surface area contributed by atoms with Crippen LogP contribution < -0.4 is 0 Å². The van der Waals surface area contributed by atoms with Crippen LogP contribution in [0.5, 0.6) is 0 Å². The number of aryl methyl sites for hydroxylation is 2. The summed E-state index contributed by atoms with van der Waals surface area (Å²) in [5, 5.41) is 6.22. The van der Waals surface area contributed by atoms with Crippen LogP contribution in [0.4, 0.5) is 0 Å². The van der Waals surface area contributed by atoms with E-state index >= 15 is 0 Å². The monoisotopic (exact) mass is 326 g/mol. The molecule has 5 heteroatoms. The first kappa shape index (κ1) is 13.5. The van der Waals surface area contributed by atoms with Crippen molar-refractivity contribution in [3.63, 3.8) is 0 Å². The third-order valence-electron chi connectivity index (χ3n) is 2.78. The second-order valence-electron chi connectivity index (χ2n) is 4.02. The van der Waals surface area contributed by atoms with Crippen molar-refractivity contribution in [1.82, 2.24) is 9.78 Å². The highest BCUT2D eigenvalue weighted by atomic mass is 79.9. The lowest BCUT2D eigenvalue weighted by atomic mass is 10.1. The normalized spacial score (nSPS) is 10.8. The Morgan fingerprint density at radius 1 is 1.50 bits per heavy atom. The Kier molecular flexibility index (Phi) is 4.35. The summed E-state index contributed by atoms with van der Waals surface area (Å²) in [6.07, 6.45) is 3.53. The van der Waals surface area contributed by atoms with Crippen LogP contribution in [0.25, 0.3) is 0 Å². The highest BCUT2D eigenvalue weighted by molar-refractivity contribution is 9.10. The number of hydrogen-bond acceptors (Lipinski definition) is 3. The molecule has 2 aromatic rings. The molecule has 0 radical (unpaired) electrons. The molecule has 0 saturated carbocycles. The topological polar surface area (TPSA) is 34.9 Å². The van der Waals surface area contributed by atoms with E-state index in [-0.39, 0.29) is 5.78 Å². The van der Waals surface area contributed by atoms with Crippen LogP contribution in [0.1, 0.15) is 41.2 Å². The fraction of sp³-hybridized carbons (Fsp3) is 0.385. The number of carbonyl (C=O) groups excluding carboxylic acids is 1. The fourth-order valence-electron chi connectivity index (χ4n) is 1.89. The van der Waals surface area contributed by atoms with Crippen LogP contribution >= 0.6 is 27.3 Å². The van der Waals surface area contributed by atoms with Crippen molar-refractivity contribution in [2.24, 2.45) is 0 Å². The SMILES string of the molecule is CCCn1ncc(Br)c1C(=O)c1sccc1CC. The minimum absolute atomic E-state index is 0.0691. The number of hydrogen-bond donors (Lipinski definition) is 0. The predicted molar refractivity (Wildman–Crippen MR) is 77.3 cm³/mol. The number of carbonyl (C=O) groups is 1. The fourth-order valence-corrected chi connectivity index (χ4v) is 3.30. The maximum atomic E-state index is 12.6. The zero-order chi connectivity index (χ0) is 13.1. The highest BCUT2D eigenvalue weighted by Gasteiger charge is 2.21. The van der Waals surface area contributed by atoms with Gasteiger partial charge >= 0.3 is 0 Å². The smallest absolute Gasteiger partial charge is 0.222 e. The molecule has 2 rings (SSSR count). The molecule has 0 unspecified atom stereocenters. The molecule has 0 aliphatic heterocycles. The molecule has 3 nitrogen and oxygen atoms in total. The Bertz CT molecular complexity index is 559. The maximum Gasteiger partial charge on any atom is 0.222 e. The molecule has 18 heavy (non-hydrogen) atoms. The van der Waals surface area contributed by atoms with E-state index in [1.807, 2.05) is 11.4 Å². The molecular formula is C13H15BrN2OS. The minimum Gasteiger partial charge on any atom is -0.286 e. The van der Waals surface area contributed by atoms with Crippen molar-refractivity contribution in [1.29, 1.82) is 0 Å². The Balaban J connectivity index is 2.42. The van der Waals surface area contributed by atoms with Crippen molar-refractivity contribution < 1.29 is 4.79 Å². The average Bonchev–Trinajstić information content (AvgIpc) is 2.96. The summed E-state index contributed by atoms with van der Waals surface area (Å²) < 4.78 is 2.56. The van der Waals surface area contributed by atoms with Crippen LogP contribution in [0.15, 0.2) is 22.1 Å². The first-order valence-electron chi connectivity index (χ1n) is 6.01. The number of aromatic nitrogens is 2. The molecule has 0 spiro atoms. The van der Waals surface area contributed by atoms with E-state index in [1.54, 1.807) is 10.9 Å². The van der Waals surface area contributed by atoms with Gasteiger partial charge in [0.15, 0.2) is 0 Å². The van der Waals surface area contributed by atoms with Gasteiger partial charge in [0.2, 0.25) is 5.78 Å². The second kappa shape index (κ2) is 5.80. The van der Waals surface area contributed by atoms with Gasteiger partial charge in [-0.1, -0.05) is 13.8 Å². The lowest BCUT2D eigenvalue weighted by Crippen LogP contribution is -2.12. The molecule has 0 bridgehead atoms. The van der Waals surface area contributed by atoms with Gasteiger partial charge in [0.05, 0.1) is 15.5 Å². The summed E-state index contributed by atoms with van der Waals surface area (Å²) in [5.41, 5.74) is 1.77. The predicted octanol–water partition coefficient (Wildman–Crippen LogP) is 3.91. The third-order valence-corrected chi connectivity index (χ3v) is 4.31. The zero-order valence-corrected chi connectivity index (χ0v) is 12.8. The molecule has 0 fully saturated rings. The number of ketones is 1. The van der Waals surface area contributed by atoms with Gasteiger partial charge in [0, 0.05) is 6.54 Å². The van der Waals surface area contributed by atoms with Gasteiger partial charge in [-0.3, -0.25) is 9.48 Å². The van der Waals surface area contributed by atoms with Crippen molar-refractivity contribution in [2.75, 3.05) is 0 Å². The van der Waals surface area contributed by atoms with Crippen molar-refractivity contribution >= 4 is 33.0 Å². The number of thiophene rings is 1. The van der Waals surface area contributed by atoms with Gasteiger partial charge in [-0.25, -0.2) is 0 Å². The molecule has 2 heterocycles. The highest BCUT2D eigenvalue weighted by Crippen LogP contribution is 2.25. The first-order valence-corrected chi connectivity index (χ1v) is 7.68. The van der Waals surface area contributed by atoms with Crippen LogP contribution in [0.3, 0.4) is 0 Å². The number of nitrogens with zero attached hydrogens (tertiary/aromatic N) is 2. The van der Waals surface area contributed by atoms with Crippen LogP contribution in [0.2, 0.25) is 0 Å². The van der Waals surface area contributed by atoms with E-state index in [9.17, 15) is 4.79 Å². The van der Waals surface area contributed by atoms with Crippen molar-refractivity contribution in [3.05, 3.63) is 38.3 Å². The molecule has 0 N–H and O–H groups in total. The van der Waals surface area contributed by atoms with Crippen molar-refractivity contribution in [3.8, 4) is 0 Å². The molecule has 0 aliphatic rings. The molecule has 0 saturated heterocycles. The maximum absolute atomic E-state index is 12.6. The Hall–Kier alpha value is -0.940. The summed E-state index contributed by atoms with van der Waals surface area (Å²) in [6.45, 7) is 4.91.